The molecule has 0 amide bonds. The van der Waals surface area contributed by atoms with Crippen molar-refractivity contribution in [2.24, 2.45) is 17.8 Å². The number of hydrogen-bond donors (Lipinski definition) is 1. The van der Waals surface area contributed by atoms with Crippen LogP contribution >= 0.6 is 0 Å². The lowest BCUT2D eigenvalue weighted by atomic mass is 9.79. The van der Waals surface area contributed by atoms with Crippen LogP contribution < -0.4 is 5.32 Å². The third-order valence-electron chi connectivity index (χ3n) is 5.82. The topological polar surface area (TPSA) is 21.3 Å². The first-order chi connectivity index (χ1) is 9.24. The van der Waals surface area contributed by atoms with Gasteiger partial charge in [-0.15, -0.1) is 0 Å². The fraction of sp³-hybridized carbons (Fsp3) is 1.00. The smallest absolute Gasteiger partial charge is 0.0685 e. The predicted molar refractivity (Wildman–Crippen MR) is 79.2 cm³/mol. The molecule has 1 N–H and O–H groups in total. The molecule has 0 radical (unpaired) electrons. The van der Waals surface area contributed by atoms with Gasteiger partial charge in [-0.25, -0.2) is 0 Å². The maximum atomic E-state index is 6.21. The predicted octanol–water partition coefficient (Wildman–Crippen LogP) is 3.75. The Hall–Kier alpha value is -0.0800. The van der Waals surface area contributed by atoms with E-state index in [-0.39, 0.29) is 5.60 Å². The zero-order valence-corrected chi connectivity index (χ0v) is 12.8. The summed E-state index contributed by atoms with van der Waals surface area (Å²) in [6.45, 7) is 6.91. The highest BCUT2D eigenvalue weighted by atomic mass is 16.5. The third-order valence-corrected chi connectivity index (χ3v) is 5.82. The summed E-state index contributed by atoms with van der Waals surface area (Å²) >= 11 is 0. The minimum atomic E-state index is 0.285. The largest absolute Gasteiger partial charge is 0.375 e. The van der Waals surface area contributed by atoms with E-state index in [9.17, 15) is 0 Å². The normalized spacial score (nSPS) is 38.5. The Morgan fingerprint density at radius 2 is 2.05 bits per heavy atom. The summed E-state index contributed by atoms with van der Waals surface area (Å²) in [5.74, 6) is 2.78. The SMILES string of the molecule is CCCNC(C1CCOC2(CCCC2)C1)C1CC1C. The molecule has 0 aromatic rings. The molecule has 2 heteroatoms. The second-order valence-corrected chi connectivity index (χ2v) is 7.35. The quantitative estimate of drug-likeness (QED) is 0.817. The molecule has 4 unspecified atom stereocenters. The molecule has 3 rings (SSSR count). The minimum absolute atomic E-state index is 0.285. The van der Waals surface area contributed by atoms with Crippen molar-refractivity contribution < 1.29 is 4.74 Å². The summed E-state index contributed by atoms with van der Waals surface area (Å²) in [7, 11) is 0. The van der Waals surface area contributed by atoms with Gasteiger partial charge in [0.2, 0.25) is 0 Å². The molecule has 0 aromatic carbocycles. The van der Waals surface area contributed by atoms with Gasteiger partial charge in [0.25, 0.3) is 0 Å². The van der Waals surface area contributed by atoms with Crippen LogP contribution in [0.15, 0.2) is 0 Å². The summed E-state index contributed by atoms with van der Waals surface area (Å²) in [6, 6.07) is 0.774. The zero-order chi connectivity index (χ0) is 13.3. The Labute approximate surface area is 118 Å². The first-order valence-electron chi connectivity index (χ1n) is 8.61. The van der Waals surface area contributed by atoms with Crippen LogP contribution in [0.4, 0.5) is 0 Å². The lowest BCUT2D eigenvalue weighted by Crippen LogP contribution is -2.47. The second kappa shape index (κ2) is 5.73. The van der Waals surface area contributed by atoms with Crippen molar-refractivity contribution in [2.45, 2.75) is 76.9 Å². The Balaban J connectivity index is 1.64. The average molecular weight is 265 g/mol. The van der Waals surface area contributed by atoms with Gasteiger partial charge < -0.3 is 10.1 Å². The molecule has 3 aliphatic rings. The van der Waals surface area contributed by atoms with Gasteiger partial charge in [-0.3, -0.25) is 0 Å². The van der Waals surface area contributed by atoms with E-state index in [1.807, 2.05) is 0 Å². The second-order valence-electron chi connectivity index (χ2n) is 7.35. The molecule has 2 saturated carbocycles. The summed E-state index contributed by atoms with van der Waals surface area (Å²) in [6.07, 6.45) is 10.7. The Morgan fingerprint density at radius 1 is 1.32 bits per heavy atom. The van der Waals surface area contributed by atoms with E-state index in [0.29, 0.717) is 0 Å². The van der Waals surface area contributed by atoms with Gasteiger partial charge in [0, 0.05) is 12.6 Å². The van der Waals surface area contributed by atoms with Crippen LogP contribution in [0, 0.1) is 17.8 Å². The molecular formula is C17H31NO. The highest BCUT2D eigenvalue weighted by molar-refractivity contribution is 5.00. The van der Waals surface area contributed by atoms with Crippen LogP contribution in [0.3, 0.4) is 0 Å². The number of ether oxygens (including phenoxy) is 1. The summed E-state index contributed by atoms with van der Waals surface area (Å²) < 4.78 is 6.21. The summed E-state index contributed by atoms with van der Waals surface area (Å²) in [5.41, 5.74) is 0.285. The molecule has 1 saturated heterocycles. The van der Waals surface area contributed by atoms with Crippen LogP contribution in [0.25, 0.3) is 0 Å². The first kappa shape index (κ1) is 13.9. The molecule has 2 nitrogen and oxygen atoms in total. The lowest BCUT2D eigenvalue weighted by Gasteiger charge is -2.42. The molecular weight excluding hydrogens is 234 g/mol. The molecule has 19 heavy (non-hydrogen) atoms. The van der Waals surface area contributed by atoms with Crippen molar-refractivity contribution in [1.82, 2.24) is 5.32 Å². The van der Waals surface area contributed by atoms with Crippen LogP contribution in [0.5, 0.6) is 0 Å². The number of rotatable bonds is 5. The molecule has 4 atom stereocenters. The van der Waals surface area contributed by atoms with E-state index in [1.165, 1.54) is 57.9 Å². The van der Waals surface area contributed by atoms with Crippen molar-refractivity contribution in [3.05, 3.63) is 0 Å². The van der Waals surface area contributed by atoms with Crippen LogP contribution in [-0.2, 0) is 4.74 Å². The molecule has 0 bridgehead atoms. The van der Waals surface area contributed by atoms with Gasteiger partial charge in [0.05, 0.1) is 5.60 Å². The maximum Gasteiger partial charge on any atom is 0.0685 e. The first-order valence-corrected chi connectivity index (χ1v) is 8.61. The highest BCUT2D eigenvalue weighted by Gasteiger charge is 2.47. The van der Waals surface area contributed by atoms with Crippen LogP contribution in [0.2, 0.25) is 0 Å². The fourth-order valence-electron chi connectivity index (χ4n) is 4.57. The molecule has 0 aromatic heterocycles. The van der Waals surface area contributed by atoms with Gasteiger partial charge in [-0.05, 0) is 62.8 Å². The maximum absolute atomic E-state index is 6.21. The van der Waals surface area contributed by atoms with Gasteiger partial charge in [-0.1, -0.05) is 26.7 Å². The van der Waals surface area contributed by atoms with E-state index in [4.69, 9.17) is 4.74 Å². The van der Waals surface area contributed by atoms with Gasteiger partial charge in [-0.2, -0.15) is 0 Å². The van der Waals surface area contributed by atoms with E-state index < -0.39 is 0 Å². The van der Waals surface area contributed by atoms with E-state index in [2.05, 4.69) is 19.2 Å². The van der Waals surface area contributed by atoms with Crippen LogP contribution in [-0.4, -0.2) is 24.8 Å². The highest BCUT2D eigenvalue weighted by Crippen LogP contribution is 2.48. The van der Waals surface area contributed by atoms with Crippen molar-refractivity contribution in [1.29, 1.82) is 0 Å². The van der Waals surface area contributed by atoms with E-state index in [0.717, 1.165) is 30.4 Å². The number of nitrogens with one attached hydrogen (secondary N) is 1. The monoisotopic (exact) mass is 265 g/mol. The Bertz CT molecular complexity index is 298. The van der Waals surface area contributed by atoms with Crippen molar-refractivity contribution in [3.8, 4) is 0 Å². The third kappa shape index (κ3) is 3.00. The van der Waals surface area contributed by atoms with Crippen LogP contribution in [0.1, 0.15) is 65.2 Å². The molecule has 110 valence electrons. The Kier molecular flexibility index (Phi) is 4.19. The van der Waals surface area contributed by atoms with Crippen molar-refractivity contribution in [2.75, 3.05) is 13.2 Å². The Morgan fingerprint density at radius 3 is 2.68 bits per heavy atom. The minimum Gasteiger partial charge on any atom is -0.375 e. The van der Waals surface area contributed by atoms with E-state index in [1.54, 1.807) is 0 Å². The molecule has 3 fully saturated rings. The fourth-order valence-corrected chi connectivity index (χ4v) is 4.57. The van der Waals surface area contributed by atoms with Gasteiger partial charge >= 0.3 is 0 Å². The average Bonchev–Trinajstić information content (AvgIpc) is 2.96. The molecule has 2 aliphatic carbocycles. The van der Waals surface area contributed by atoms with Crippen molar-refractivity contribution in [3.63, 3.8) is 0 Å². The van der Waals surface area contributed by atoms with Crippen molar-refractivity contribution >= 4 is 0 Å². The molecule has 1 spiro atoms. The molecule has 1 aliphatic heterocycles. The van der Waals surface area contributed by atoms with Gasteiger partial charge in [0.1, 0.15) is 0 Å². The standard InChI is InChI=1S/C17H31NO/c1-3-9-18-16(15-11-13(15)2)14-6-10-19-17(12-14)7-4-5-8-17/h13-16,18H,3-12H2,1-2H3. The number of hydrogen-bond acceptors (Lipinski definition) is 2. The summed E-state index contributed by atoms with van der Waals surface area (Å²) in [5, 5.41) is 3.88. The lowest BCUT2D eigenvalue weighted by molar-refractivity contribution is -0.0992. The van der Waals surface area contributed by atoms with E-state index >= 15 is 0 Å². The zero-order valence-electron chi connectivity index (χ0n) is 12.8. The van der Waals surface area contributed by atoms with Gasteiger partial charge in [0.15, 0.2) is 0 Å². The molecule has 1 heterocycles. The summed E-state index contributed by atoms with van der Waals surface area (Å²) in [4.78, 5) is 0.